The first-order chi connectivity index (χ1) is 19.3. The van der Waals surface area contributed by atoms with E-state index in [0.29, 0.717) is 12.2 Å². The zero-order valence-corrected chi connectivity index (χ0v) is 25.3. The second kappa shape index (κ2) is 16.0. The van der Waals surface area contributed by atoms with Crippen LogP contribution in [0.1, 0.15) is 83.9 Å². The Kier molecular flexibility index (Phi) is 13.1. The Morgan fingerprint density at radius 1 is 0.976 bits per heavy atom. The summed E-state index contributed by atoms with van der Waals surface area (Å²) in [6, 6.07) is 4.15. The van der Waals surface area contributed by atoms with Gasteiger partial charge in [-0.3, -0.25) is 9.47 Å². The van der Waals surface area contributed by atoms with Gasteiger partial charge in [-0.1, -0.05) is 48.0 Å². The number of aliphatic carboxylic acids is 2. The molecule has 11 heteroatoms. The molecule has 2 aromatic heterocycles. The number of nitrogens with zero attached hydrogens (tertiary/aromatic N) is 6. The van der Waals surface area contributed by atoms with Crippen LogP contribution >= 0.6 is 0 Å². The number of unbranched alkanes of at least 4 members (excludes halogenated alkanes) is 1. The lowest BCUT2D eigenvalue weighted by Crippen LogP contribution is -2.47. The van der Waals surface area contributed by atoms with Gasteiger partial charge in [-0.15, -0.1) is 0 Å². The first-order valence-electron chi connectivity index (χ1n) is 14.4. The normalized spacial score (nSPS) is 14.3. The number of rotatable bonds is 11. The molecule has 11 nitrogen and oxygen atoms in total. The highest BCUT2D eigenvalue weighted by molar-refractivity contribution is 5.89. The topological polar surface area (TPSA) is 142 Å². The summed E-state index contributed by atoms with van der Waals surface area (Å²) in [4.78, 5) is 50.2. The van der Waals surface area contributed by atoms with Crippen molar-refractivity contribution >= 4 is 17.8 Å². The van der Waals surface area contributed by atoms with E-state index in [1.54, 1.807) is 4.57 Å². The predicted molar refractivity (Wildman–Crippen MR) is 160 cm³/mol. The maximum absolute atomic E-state index is 12.2. The van der Waals surface area contributed by atoms with Crippen molar-refractivity contribution in [1.82, 2.24) is 24.4 Å². The van der Waals surface area contributed by atoms with Crippen LogP contribution in [0.25, 0.3) is 0 Å². The van der Waals surface area contributed by atoms with Gasteiger partial charge in [-0.05, 0) is 37.8 Å². The monoisotopic (exact) mass is 570 g/mol. The molecule has 41 heavy (non-hydrogen) atoms. The molecule has 0 aromatic carbocycles. The van der Waals surface area contributed by atoms with Gasteiger partial charge in [-0.25, -0.2) is 24.4 Å². The summed E-state index contributed by atoms with van der Waals surface area (Å²) in [7, 11) is 0. The molecular formula is C30H46N6O5. The van der Waals surface area contributed by atoms with Gasteiger partial charge in [0.1, 0.15) is 11.6 Å². The Hall–Kier alpha value is -3.60. The van der Waals surface area contributed by atoms with Crippen LogP contribution in [0.15, 0.2) is 35.3 Å². The van der Waals surface area contributed by atoms with Crippen LogP contribution in [0.5, 0.6) is 0 Å². The fraction of sp³-hybridized carbons (Fsp3) is 0.600. The summed E-state index contributed by atoms with van der Waals surface area (Å²) in [5.74, 6) is -0.210. The molecule has 0 unspecified atom stereocenters. The lowest BCUT2D eigenvalue weighted by molar-refractivity contribution is -0.134. The molecule has 0 aliphatic carbocycles. The van der Waals surface area contributed by atoms with Crippen molar-refractivity contribution in [2.45, 2.75) is 85.1 Å². The molecule has 3 heterocycles. The molecular weight excluding hydrogens is 524 g/mol. The van der Waals surface area contributed by atoms with E-state index >= 15 is 0 Å². The number of piperazine rings is 1. The number of anilines is 1. The molecule has 0 atom stereocenters. The van der Waals surface area contributed by atoms with Crippen LogP contribution in [0, 0.1) is 0 Å². The third-order valence-corrected chi connectivity index (χ3v) is 6.62. The van der Waals surface area contributed by atoms with E-state index in [-0.39, 0.29) is 17.0 Å². The van der Waals surface area contributed by atoms with Gasteiger partial charge in [0.05, 0.1) is 5.69 Å². The Morgan fingerprint density at radius 2 is 1.59 bits per heavy atom. The maximum atomic E-state index is 12.2. The van der Waals surface area contributed by atoms with Crippen molar-refractivity contribution in [3.63, 3.8) is 0 Å². The third-order valence-electron chi connectivity index (χ3n) is 6.62. The van der Waals surface area contributed by atoms with Crippen molar-refractivity contribution in [3.05, 3.63) is 58.2 Å². The maximum Gasteiger partial charge on any atom is 0.347 e. The van der Waals surface area contributed by atoms with Gasteiger partial charge in [0.2, 0.25) is 0 Å². The molecule has 1 aliphatic heterocycles. The quantitative estimate of drug-likeness (QED) is 0.303. The summed E-state index contributed by atoms with van der Waals surface area (Å²) < 4.78 is 1.74. The van der Waals surface area contributed by atoms with Gasteiger partial charge >= 0.3 is 17.6 Å². The second-order valence-corrected chi connectivity index (χ2v) is 11.6. The molecule has 1 aliphatic rings. The fourth-order valence-electron chi connectivity index (χ4n) is 4.26. The van der Waals surface area contributed by atoms with Crippen LogP contribution in [-0.2, 0) is 28.0 Å². The largest absolute Gasteiger partial charge is 0.478 e. The van der Waals surface area contributed by atoms with Gasteiger partial charge in [0, 0.05) is 68.2 Å². The fourth-order valence-corrected chi connectivity index (χ4v) is 4.26. The first-order valence-corrected chi connectivity index (χ1v) is 14.4. The zero-order chi connectivity index (χ0) is 30.6. The number of aromatic nitrogens is 4. The van der Waals surface area contributed by atoms with E-state index in [1.165, 1.54) is 0 Å². The average Bonchev–Trinajstić information content (AvgIpc) is 2.91. The molecule has 0 amide bonds. The molecule has 0 spiro atoms. The van der Waals surface area contributed by atoms with Crippen LogP contribution in [-0.4, -0.2) is 79.3 Å². The Balaban J connectivity index is 0.000000642. The molecule has 3 rings (SSSR count). The number of carboxylic acid groups (broad SMARTS) is 2. The minimum Gasteiger partial charge on any atom is -0.478 e. The van der Waals surface area contributed by atoms with E-state index in [2.05, 4.69) is 62.4 Å². The highest BCUT2D eigenvalue weighted by Gasteiger charge is 2.23. The molecule has 226 valence electrons. The molecule has 0 bridgehead atoms. The first kappa shape index (κ1) is 33.6. The summed E-state index contributed by atoms with van der Waals surface area (Å²) in [6.07, 6.45) is 7.18. The lowest BCUT2D eigenvalue weighted by atomic mass is 9.95. The number of carbonyl (C=O) groups is 2. The average molecular weight is 571 g/mol. The Bertz CT molecular complexity index is 1210. The second-order valence-electron chi connectivity index (χ2n) is 11.6. The van der Waals surface area contributed by atoms with Gasteiger partial charge in [0.15, 0.2) is 0 Å². The van der Waals surface area contributed by atoms with Crippen molar-refractivity contribution in [2.24, 2.45) is 0 Å². The van der Waals surface area contributed by atoms with Gasteiger partial charge in [-0.2, -0.15) is 4.98 Å². The number of hydrogen-bond donors (Lipinski definition) is 2. The van der Waals surface area contributed by atoms with Crippen molar-refractivity contribution in [1.29, 1.82) is 0 Å². The minimum atomic E-state index is -1.26. The van der Waals surface area contributed by atoms with Crippen molar-refractivity contribution in [2.75, 3.05) is 37.6 Å². The Morgan fingerprint density at radius 3 is 2.10 bits per heavy atom. The standard InChI is InChI=1S/C26H42N6O.C4H4O4/c1-7-10-21-19-23(29-24(27-21)26(4,5)6)31-17-15-30(16-18-31)12-8-9-13-32-14-11-22(20(2)3)28-25(32)33;5-3(6)1-2-4(7)8/h11,14,19-20H,7-10,12-13,15-18H2,1-6H3;1-2H,(H,5,6)(H,7,8)/b;2-1+. The van der Waals surface area contributed by atoms with Gasteiger partial charge in [0.25, 0.3) is 0 Å². The number of carboxylic acids is 2. The smallest absolute Gasteiger partial charge is 0.347 e. The van der Waals surface area contributed by atoms with Crippen molar-refractivity contribution in [3.8, 4) is 0 Å². The van der Waals surface area contributed by atoms with E-state index in [0.717, 1.165) is 88.0 Å². The number of aryl methyl sites for hydroxylation is 2. The lowest BCUT2D eigenvalue weighted by Gasteiger charge is -2.36. The number of hydrogen-bond acceptors (Lipinski definition) is 8. The van der Waals surface area contributed by atoms with Crippen LogP contribution in [0.3, 0.4) is 0 Å². The van der Waals surface area contributed by atoms with Crippen LogP contribution < -0.4 is 10.6 Å². The predicted octanol–water partition coefficient (Wildman–Crippen LogP) is 3.72. The third kappa shape index (κ3) is 11.8. The summed E-state index contributed by atoms with van der Waals surface area (Å²) in [5, 5.41) is 15.6. The SMILES string of the molecule is CCCc1cc(N2CCN(CCCCn3ccc(C(C)C)nc3=O)CC2)nc(C(C)(C)C)n1.O=C(O)/C=C/C(=O)O. The van der Waals surface area contributed by atoms with Gasteiger partial charge < -0.3 is 15.1 Å². The molecule has 2 aromatic rings. The van der Waals surface area contributed by atoms with Crippen LogP contribution in [0.2, 0.25) is 0 Å². The van der Waals surface area contributed by atoms with Crippen molar-refractivity contribution < 1.29 is 19.8 Å². The van der Waals surface area contributed by atoms with E-state index in [9.17, 15) is 14.4 Å². The van der Waals surface area contributed by atoms with E-state index in [4.69, 9.17) is 20.2 Å². The zero-order valence-electron chi connectivity index (χ0n) is 25.3. The minimum absolute atomic E-state index is 0.0487. The molecule has 0 saturated carbocycles. The summed E-state index contributed by atoms with van der Waals surface area (Å²) in [5.41, 5.74) is 1.85. The molecule has 0 radical (unpaired) electrons. The summed E-state index contributed by atoms with van der Waals surface area (Å²) >= 11 is 0. The molecule has 1 saturated heterocycles. The highest BCUT2D eigenvalue weighted by Crippen LogP contribution is 2.23. The highest BCUT2D eigenvalue weighted by atomic mass is 16.4. The molecule has 2 N–H and O–H groups in total. The van der Waals surface area contributed by atoms with Crippen LogP contribution in [0.4, 0.5) is 5.82 Å². The van der Waals surface area contributed by atoms with E-state index < -0.39 is 11.9 Å². The van der Waals surface area contributed by atoms with E-state index in [1.807, 2.05) is 12.3 Å². The summed E-state index contributed by atoms with van der Waals surface area (Å²) in [6.45, 7) is 18.7. The Labute approximate surface area is 243 Å². The molecule has 1 fully saturated rings.